The monoisotopic (exact) mass is 388 g/mol. The molecule has 1 fully saturated rings. The second kappa shape index (κ2) is 8.90. The van der Waals surface area contributed by atoms with Crippen LogP contribution in [0.1, 0.15) is 67.2 Å². The van der Waals surface area contributed by atoms with Crippen molar-refractivity contribution in [2.75, 3.05) is 0 Å². The Kier molecular flexibility index (Phi) is 7.47. The Morgan fingerprint density at radius 1 is 1.13 bits per heavy atom. The third-order valence-electron chi connectivity index (χ3n) is 5.33. The van der Waals surface area contributed by atoms with Crippen LogP contribution in [-0.2, 0) is 39.1 Å². The van der Waals surface area contributed by atoms with Crippen LogP contribution in [0.15, 0.2) is 30.4 Å². The molecule has 0 amide bonds. The first-order valence-electron chi connectivity index (χ1n) is 8.63. The summed E-state index contributed by atoms with van der Waals surface area (Å²) in [7, 11) is 0. The van der Waals surface area contributed by atoms with E-state index in [0.29, 0.717) is 5.92 Å². The fraction of sp³-hybridized carbons (Fsp3) is 0.550. The zero-order valence-electron chi connectivity index (χ0n) is 13.8. The van der Waals surface area contributed by atoms with E-state index in [-0.39, 0.29) is 50.8 Å². The smallest absolute Gasteiger partial charge is 0.392 e. The number of hydrogen-bond acceptors (Lipinski definition) is 2. The average Bonchev–Trinajstić information content (AvgIpc) is 3.07. The van der Waals surface area contributed by atoms with E-state index in [1.165, 1.54) is 11.1 Å². The van der Waals surface area contributed by atoms with E-state index < -0.39 is 0 Å². The van der Waals surface area contributed by atoms with Gasteiger partial charge < -0.3 is 17.1 Å². The molecular weight excluding hydrogens is 361 g/mol. The summed E-state index contributed by atoms with van der Waals surface area (Å²) in [6.45, 7) is 3.86. The van der Waals surface area contributed by atoms with Crippen molar-refractivity contribution < 1.29 is 42.9 Å². The number of rotatable bonds is 5. The first-order valence-corrected chi connectivity index (χ1v) is 8.63. The number of benzene rings is 1. The number of allylic oxidation sites excluding steroid dienone is 2. The number of hydrogen-bond donors (Lipinski definition) is 2. The molecule has 0 spiro atoms. The third kappa shape index (κ3) is 4.34. The van der Waals surface area contributed by atoms with Gasteiger partial charge in [0.25, 0.3) is 0 Å². The van der Waals surface area contributed by atoms with Crippen LogP contribution in [0.5, 0.6) is 0 Å². The van der Waals surface area contributed by atoms with Crippen molar-refractivity contribution in [2.24, 2.45) is 5.92 Å². The summed E-state index contributed by atoms with van der Waals surface area (Å²) >= 11 is 0. The molecule has 2 N–H and O–H groups in total. The molecule has 1 aromatic carbocycles. The van der Waals surface area contributed by atoms with E-state index in [9.17, 15) is 10.2 Å². The second-order valence-electron chi connectivity index (χ2n) is 6.79. The zero-order valence-corrected chi connectivity index (χ0v) is 16.7. The first kappa shape index (κ1) is 19.3. The maximum Gasteiger partial charge on any atom is 3.00 e. The molecule has 2 nitrogen and oxygen atoms in total. The van der Waals surface area contributed by atoms with Gasteiger partial charge in [-0.15, -0.1) is 0 Å². The Morgan fingerprint density at radius 2 is 1.96 bits per heavy atom. The van der Waals surface area contributed by atoms with Crippen LogP contribution in [0.4, 0.5) is 0 Å². The number of fused-ring (bicyclic) bond motifs is 1. The van der Waals surface area contributed by atoms with Crippen LogP contribution in [-0.4, -0.2) is 16.3 Å². The molecule has 1 saturated carbocycles. The maximum absolute atomic E-state index is 10.4. The van der Waals surface area contributed by atoms with Gasteiger partial charge in [-0.25, -0.2) is 0 Å². The summed E-state index contributed by atoms with van der Waals surface area (Å²) in [5.41, 5.74) is 3.62. The number of aliphatic hydroxyl groups excluding tert-OH is 2. The molecule has 2 aliphatic rings. The van der Waals surface area contributed by atoms with E-state index in [2.05, 4.69) is 37.3 Å². The van der Waals surface area contributed by atoms with Gasteiger partial charge in [0.1, 0.15) is 0 Å². The van der Waals surface area contributed by atoms with Gasteiger partial charge in [0.05, 0.1) is 12.2 Å². The molecule has 4 unspecified atom stereocenters. The fourth-order valence-corrected chi connectivity index (χ4v) is 4.15. The van der Waals surface area contributed by atoms with Crippen molar-refractivity contribution in [3.05, 3.63) is 54.0 Å². The molecule has 3 heteroatoms. The topological polar surface area (TPSA) is 40.5 Å². The predicted molar refractivity (Wildman–Crippen MR) is 89.5 cm³/mol. The van der Waals surface area contributed by atoms with Crippen LogP contribution < -0.4 is 0 Å². The minimum Gasteiger partial charge on any atom is -0.392 e. The molecule has 0 saturated heterocycles. The van der Waals surface area contributed by atoms with E-state index in [4.69, 9.17) is 0 Å². The van der Waals surface area contributed by atoms with Gasteiger partial charge in [-0.2, -0.15) is 6.42 Å². The molecule has 1 aromatic rings. The van der Waals surface area contributed by atoms with Gasteiger partial charge in [0.15, 0.2) is 0 Å². The molecule has 2 aliphatic carbocycles. The SMILES string of the molecule is [CH2-]CC/C=C/CC1CCC(O)C1c1ccc2c(c1)CCC2O.[Y+3]. The van der Waals surface area contributed by atoms with Gasteiger partial charge >= 0.3 is 32.7 Å². The van der Waals surface area contributed by atoms with E-state index in [1.807, 2.05) is 0 Å². The summed E-state index contributed by atoms with van der Waals surface area (Å²) < 4.78 is 0. The van der Waals surface area contributed by atoms with Crippen molar-refractivity contribution in [3.8, 4) is 0 Å². The van der Waals surface area contributed by atoms with Crippen molar-refractivity contribution >= 4 is 0 Å². The Hall–Kier alpha value is -0.0161. The molecule has 120 valence electrons. The minimum atomic E-state index is -0.293. The van der Waals surface area contributed by atoms with Crippen LogP contribution >= 0.6 is 0 Å². The summed E-state index contributed by atoms with van der Waals surface area (Å²) in [6, 6.07) is 6.43. The summed E-state index contributed by atoms with van der Waals surface area (Å²) in [5.74, 6) is 0.771. The van der Waals surface area contributed by atoms with Gasteiger partial charge in [0, 0.05) is 5.92 Å². The fourth-order valence-electron chi connectivity index (χ4n) is 4.15. The van der Waals surface area contributed by atoms with Gasteiger partial charge in [0.2, 0.25) is 0 Å². The normalized spacial score (nSPS) is 29.7. The molecule has 0 aromatic heterocycles. The largest absolute Gasteiger partial charge is 3.00 e. The van der Waals surface area contributed by atoms with Crippen molar-refractivity contribution in [3.63, 3.8) is 0 Å². The minimum absolute atomic E-state index is 0. The zero-order chi connectivity index (χ0) is 15.5. The second-order valence-corrected chi connectivity index (χ2v) is 6.79. The molecule has 23 heavy (non-hydrogen) atoms. The predicted octanol–water partition coefficient (Wildman–Crippen LogP) is 4.08. The van der Waals surface area contributed by atoms with Crippen LogP contribution in [0.25, 0.3) is 0 Å². The standard InChI is InChI=1S/C20H27O2.Y/c1-2-3-4-5-6-14-8-12-19(22)20(14)16-7-10-17-15(13-16)9-11-18(17)21;/h4-5,7,10,13-14,18-22H,1-3,6,8-9,11-12H2;/q-1;+3/b5-4+;. The van der Waals surface area contributed by atoms with Gasteiger partial charge in [-0.1, -0.05) is 36.8 Å². The van der Waals surface area contributed by atoms with Crippen molar-refractivity contribution in [1.82, 2.24) is 0 Å². The molecule has 0 heterocycles. The molecule has 0 radical (unpaired) electrons. The number of unbranched alkanes of at least 4 members (excludes halogenated alkanes) is 1. The van der Waals surface area contributed by atoms with Gasteiger partial charge in [-0.3, -0.25) is 0 Å². The Morgan fingerprint density at radius 3 is 2.74 bits per heavy atom. The Bertz CT molecular complexity index is 540. The van der Waals surface area contributed by atoms with Crippen molar-refractivity contribution in [2.45, 2.75) is 63.1 Å². The number of aryl methyl sites for hydroxylation is 1. The van der Waals surface area contributed by atoms with Gasteiger partial charge in [-0.05, 0) is 54.7 Å². The third-order valence-corrected chi connectivity index (χ3v) is 5.33. The summed E-state index contributed by atoms with van der Waals surface area (Å²) in [5, 5.41) is 20.4. The molecule has 4 atom stereocenters. The summed E-state index contributed by atoms with van der Waals surface area (Å²) in [6.07, 6.45) is 10.8. The molecular formula is C20H27O2Y+2. The van der Waals surface area contributed by atoms with E-state index in [1.54, 1.807) is 0 Å². The number of aliphatic hydroxyl groups is 2. The Labute approximate surface area is 165 Å². The maximum atomic E-state index is 10.4. The first-order chi connectivity index (χ1) is 10.7. The quantitative estimate of drug-likeness (QED) is 0.590. The van der Waals surface area contributed by atoms with Crippen LogP contribution in [0, 0.1) is 12.8 Å². The molecule has 0 bridgehead atoms. The molecule has 0 aliphatic heterocycles. The Balaban J connectivity index is 0.00000192. The average molecular weight is 388 g/mol. The van der Waals surface area contributed by atoms with E-state index in [0.717, 1.165) is 50.5 Å². The molecule has 3 rings (SSSR count). The van der Waals surface area contributed by atoms with E-state index >= 15 is 0 Å². The van der Waals surface area contributed by atoms with Crippen molar-refractivity contribution in [1.29, 1.82) is 0 Å². The summed E-state index contributed by atoms with van der Waals surface area (Å²) in [4.78, 5) is 0. The van der Waals surface area contributed by atoms with Crippen LogP contribution in [0.3, 0.4) is 0 Å². The van der Waals surface area contributed by atoms with Crippen LogP contribution in [0.2, 0.25) is 0 Å².